The van der Waals surface area contributed by atoms with Gasteiger partial charge in [0.1, 0.15) is 5.75 Å². The zero-order chi connectivity index (χ0) is 15.7. The third-order valence-corrected chi connectivity index (χ3v) is 4.11. The fraction of sp³-hybridized carbons (Fsp3) is 0.222. The molecule has 2 aromatic rings. The van der Waals surface area contributed by atoms with Crippen molar-refractivity contribution in [3.05, 3.63) is 64.7 Å². The summed E-state index contributed by atoms with van der Waals surface area (Å²) in [7, 11) is 0. The van der Waals surface area contributed by atoms with Gasteiger partial charge in [0.15, 0.2) is 5.78 Å². The van der Waals surface area contributed by atoms with Crippen LogP contribution in [0.3, 0.4) is 0 Å². The first-order chi connectivity index (χ1) is 10.5. The fourth-order valence-corrected chi connectivity index (χ4v) is 2.41. The lowest BCUT2D eigenvalue weighted by atomic mass is 10.0. The Bertz CT molecular complexity index is 704. The summed E-state index contributed by atoms with van der Waals surface area (Å²) in [6, 6.07) is 13.4. The standard InChI is InChI=1S/C18H15ClO3/c1-11-10-16(11)18(21)22-15-8-4-13(5-9-15)17(20)12-2-6-14(19)7-3-12/h2-9,11,16H,10H2,1H3/t11-,16-/m0/s1. The van der Waals surface area contributed by atoms with Crippen LogP contribution < -0.4 is 4.74 Å². The average Bonchev–Trinajstić information content (AvgIpc) is 3.25. The summed E-state index contributed by atoms with van der Waals surface area (Å²) in [5.74, 6) is 0.625. The van der Waals surface area contributed by atoms with Crippen molar-refractivity contribution < 1.29 is 14.3 Å². The number of halogens is 1. The van der Waals surface area contributed by atoms with Gasteiger partial charge in [-0.3, -0.25) is 9.59 Å². The fourth-order valence-electron chi connectivity index (χ4n) is 2.28. The molecule has 0 N–H and O–H groups in total. The first-order valence-electron chi connectivity index (χ1n) is 7.16. The Morgan fingerprint density at radius 1 is 1.00 bits per heavy atom. The highest BCUT2D eigenvalue weighted by Crippen LogP contribution is 2.38. The van der Waals surface area contributed by atoms with Crippen molar-refractivity contribution >= 4 is 23.4 Å². The lowest BCUT2D eigenvalue weighted by Gasteiger charge is -2.05. The van der Waals surface area contributed by atoms with Gasteiger partial charge in [-0.05, 0) is 60.9 Å². The molecule has 1 fully saturated rings. The maximum Gasteiger partial charge on any atom is 0.314 e. The predicted octanol–water partition coefficient (Wildman–Crippen LogP) is 4.13. The van der Waals surface area contributed by atoms with E-state index in [1.54, 1.807) is 48.5 Å². The summed E-state index contributed by atoms with van der Waals surface area (Å²) < 4.78 is 5.30. The van der Waals surface area contributed by atoms with E-state index < -0.39 is 0 Å². The topological polar surface area (TPSA) is 43.4 Å². The number of carbonyl (C=O) groups excluding carboxylic acids is 2. The molecule has 2 aromatic carbocycles. The molecule has 2 atom stereocenters. The number of esters is 1. The molecule has 1 saturated carbocycles. The Kier molecular flexibility index (Phi) is 3.99. The molecule has 3 nitrogen and oxygen atoms in total. The Morgan fingerprint density at radius 2 is 1.50 bits per heavy atom. The van der Waals surface area contributed by atoms with Gasteiger partial charge in [-0.15, -0.1) is 0 Å². The van der Waals surface area contributed by atoms with Crippen LogP contribution in [0, 0.1) is 11.8 Å². The molecule has 0 radical (unpaired) electrons. The quantitative estimate of drug-likeness (QED) is 0.484. The highest BCUT2D eigenvalue weighted by Gasteiger charge is 2.40. The van der Waals surface area contributed by atoms with E-state index in [-0.39, 0.29) is 17.7 Å². The molecule has 3 rings (SSSR count). The molecule has 0 aliphatic heterocycles. The van der Waals surface area contributed by atoms with E-state index in [4.69, 9.17) is 16.3 Å². The van der Waals surface area contributed by atoms with Crippen molar-refractivity contribution in [3.8, 4) is 5.75 Å². The van der Waals surface area contributed by atoms with Crippen LogP contribution in [0.25, 0.3) is 0 Å². The third-order valence-electron chi connectivity index (χ3n) is 3.85. The number of ketones is 1. The zero-order valence-electron chi connectivity index (χ0n) is 12.1. The van der Waals surface area contributed by atoms with Gasteiger partial charge < -0.3 is 4.74 Å². The van der Waals surface area contributed by atoms with Crippen molar-refractivity contribution in [1.82, 2.24) is 0 Å². The van der Waals surface area contributed by atoms with Crippen LogP contribution in [0.1, 0.15) is 29.3 Å². The van der Waals surface area contributed by atoms with Gasteiger partial charge in [0, 0.05) is 16.1 Å². The molecule has 0 spiro atoms. The van der Waals surface area contributed by atoms with Crippen LogP contribution in [-0.4, -0.2) is 11.8 Å². The van der Waals surface area contributed by atoms with Crippen molar-refractivity contribution in [1.29, 1.82) is 0 Å². The second kappa shape index (κ2) is 5.93. The van der Waals surface area contributed by atoms with Gasteiger partial charge in [-0.25, -0.2) is 0 Å². The number of hydrogen-bond donors (Lipinski definition) is 0. The molecule has 22 heavy (non-hydrogen) atoms. The molecule has 0 saturated heterocycles. The van der Waals surface area contributed by atoms with Crippen LogP contribution in [0.5, 0.6) is 5.75 Å². The minimum Gasteiger partial charge on any atom is -0.426 e. The molecule has 1 aliphatic rings. The first kappa shape index (κ1) is 14.8. The summed E-state index contributed by atoms with van der Waals surface area (Å²) in [6.45, 7) is 2.03. The molecular formula is C18H15ClO3. The molecule has 4 heteroatoms. The Hall–Kier alpha value is -2.13. The lowest BCUT2D eigenvalue weighted by molar-refractivity contribution is -0.136. The minimum absolute atomic E-state index is 0.0235. The van der Waals surface area contributed by atoms with Crippen molar-refractivity contribution in [2.75, 3.05) is 0 Å². The van der Waals surface area contributed by atoms with E-state index in [9.17, 15) is 9.59 Å². The molecular weight excluding hydrogens is 300 g/mol. The van der Waals surface area contributed by atoms with Gasteiger partial charge in [-0.1, -0.05) is 18.5 Å². The molecule has 0 heterocycles. The van der Waals surface area contributed by atoms with Crippen molar-refractivity contribution in [2.24, 2.45) is 11.8 Å². The van der Waals surface area contributed by atoms with Crippen LogP contribution in [0.2, 0.25) is 5.02 Å². The number of hydrogen-bond acceptors (Lipinski definition) is 3. The summed E-state index contributed by atoms with van der Waals surface area (Å²) in [5.41, 5.74) is 1.11. The second-order valence-corrected chi connectivity index (χ2v) is 6.04. The van der Waals surface area contributed by atoms with E-state index in [0.29, 0.717) is 27.8 Å². The molecule has 1 aliphatic carbocycles. The smallest absolute Gasteiger partial charge is 0.314 e. The van der Waals surface area contributed by atoms with E-state index in [1.165, 1.54) is 0 Å². The maximum absolute atomic E-state index is 12.3. The van der Waals surface area contributed by atoms with Crippen LogP contribution in [0.15, 0.2) is 48.5 Å². The molecule has 0 unspecified atom stereocenters. The van der Waals surface area contributed by atoms with E-state index in [0.717, 1.165) is 6.42 Å². The Balaban J connectivity index is 1.69. The summed E-state index contributed by atoms with van der Waals surface area (Å²) >= 11 is 5.81. The first-order valence-corrected chi connectivity index (χ1v) is 7.54. The van der Waals surface area contributed by atoms with Crippen LogP contribution >= 0.6 is 11.6 Å². The maximum atomic E-state index is 12.3. The molecule has 0 aromatic heterocycles. The Morgan fingerprint density at radius 3 is 2.00 bits per heavy atom. The van der Waals surface area contributed by atoms with E-state index in [1.807, 2.05) is 6.92 Å². The number of carbonyl (C=O) groups is 2. The van der Waals surface area contributed by atoms with Gasteiger partial charge in [-0.2, -0.15) is 0 Å². The second-order valence-electron chi connectivity index (χ2n) is 5.60. The van der Waals surface area contributed by atoms with Gasteiger partial charge >= 0.3 is 5.97 Å². The highest BCUT2D eigenvalue weighted by atomic mass is 35.5. The minimum atomic E-state index is -0.190. The molecule has 0 bridgehead atoms. The normalized spacial score (nSPS) is 19.5. The summed E-state index contributed by atoms with van der Waals surface area (Å²) in [5, 5.41) is 0.591. The molecule has 0 amide bonds. The molecule has 112 valence electrons. The highest BCUT2D eigenvalue weighted by molar-refractivity contribution is 6.30. The number of rotatable bonds is 4. The number of benzene rings is 2. The lowest BCUT2D eigenvalue weighted by Crippen LogP contribution is -2.11. The van der Waals surface area contributed by atoms with E-state index >= 15 is 0 Å². The third kappa shape index (κ3) is 3.20. The van der Waals surface area contributed by atoms with Crippen LogP contribution in [0.4, 0.5) is 0 Å². The van der Waals surface area contributed by atoms with Gasteiger partial charge in [0.05, 0.1) is 5.92 Å². The zero-order valence-corrected chi connectivity index (χ0v) is 12.8. The SMILES string of the molecule is C[C@H]1C[C@@H]1C(=O)Oc1ccc(C(=O)c2ccc(Cl)cc2)cc1. The largest absolute Gasteiger partial charge is 0.426 e. The van der Waals surface area contributed by atoms with Gasteiger partial charge in [0.2, 0.25) is 0 Å². The van der Waals surface area contributed by atoms with Gasteiger partial charge in [0.25, 0.3) is 0 Å². The average molecular weight is 315 g/mol. The predicted molar refractivity (Wildman–Crippen MR) is 84.2 cm³/mol. The van der Waals surface area contributed by atoms with E-state index in [2.05, 4.69) is 0 Å². The monoisotopic (exact) mass is 314 g/mol. The summed E-state index contributed by atoms with van der Waals surface area (Å²) in [4.78, 5) is 24.1. The summed E-state index contributed by atoms with van der Waals surface area (Å²) in [6.07, 6.45) is 0.895. The Labute approximate surface area is 133 Å². The van der Waals surface area contributed by atoms with Crippen molar-refractivity contribution in [2.45, 2.75) is 13.3 Å². The van der Waals surface area contributed by atoms with Crippen LogP contribution in [-0.2, 0) is 4.79 Å². The number of ether oxygens (including phenoxy) is 1. The van der Waals surface area contributed by atoms with Crippen molar-refractivity contribution in [3.63, 3.8) is 0 Å².